The number of sulfone groups is 1. The second-order valence-electron chi connectivity index (χ2n) is 6.47. The first kappa shape index (κ1) is 20.8. The Balaban J connectivity index is 1.85. The van der Waals surface area contributed by atoms with Crippen LogP contribution in [0.25, 0.3) is 0 Å². The summed E-state index contributed by atoms with van der Waals surface area (Å²) in [4.78, 5) is 24.4. The Labute approximate surface area is 172 Å². The molecule has 0 aliphatic carbocycles. The summed E-state index contributed by atoms with van der Waals surface area (Å²) < 4.78 is 26.3. The fraction of sp³-hybridized carbons (Fsp3) is 0.150. The number of carbonyl (C=O) groups excluding carboxylic acids is 1. The van der Waals surface area contributed by atoms with Gasteiger partial charge in [-0.25, -0.2) is 13.1 Å². The second-order valence-corrected chi connectivity index (χ2v) is 8.81. The van der Waals surface area contributed by atoms with Gasteiger partial charge in [-0.1, -0.05) is 17.7 Å². The van der Waals surface area contributed by atoms with Crippen molar-refractivity contribution in [3.63, 3.8) is 0 Å². The Hall–Kier alpha value is -2.97. The maximum Gasteiger partial charge on any atom is 0.267 e. The predicted molar refractivity (Wildman–Crippen MR) is 110 cm³/mol. The zero-order chi connectivity index (χ0) is 21.2. The number of carbonyl (C=O) groups is 1. The molecule has 1 aromatic heterocycles. The molecule has 0 unspecified atom stereocenters. The number of halogens is 1. The second kappa shape index (κ2) is 8.18. The molecule has 0 aliphatic heterocycles. The maximum atomic E-state index is 12.7. The summed E-state index contributed by atoms with van der Waals surface area (Å²) in [6.45, 7) is 3.45. The van der Waals surface area contributed by atoms with Crippen LogP contribution in [0.3, 0.4) is 0 Å². The first-order chi connectivity index (χ1) is 13.7. The quantitative estimate of drug-likeness (QED) is 0.669. The minimum atomic E-state index is -3.96. The first-order valence-electron chi connectivity index (χ1n) is 8.63. The normalized spacial score (nSPS) is 11.3. The monoisotopic (exact) mass is 431 g/mol. The maximum absolute atomic E-state index is 12.7. The smallest absolute Gasteiger partial charge is 0.267 e. The van der Waals surface area contributed by atoms with E-state index < -0.39 is 27.8 Å². The molecule has 2 aromatic carbocycles. The number of rotatable bonds is 5. The van der Waals surface area contributed by atoms with Gasteiger partial charge in [-0.15, -0.1) is 0 Å². The van der Waals surface area contributed by atoms with E-state index in [1.165, 1.54) is 24.3 Å². The molecule has 1 N–H and O–H groups in total. The van der Waals surface area contributed by atoms with E-state index in [-0.39, 0.29) is 9.92 Å². The number of benzene rings is 2. The van der Waals surface area contributed by atoms with Gasteiger partial charge in [0, 0.05) is 16.8 Å². The van der Waals surface area contributed by atoms with Crippen LogP contribution in [-0.2, 0) is 21.2 Å². The van der Waals surface area contributed by atoms with E-state index in [2.05, 4.69) is 10.4 Å². The van der Waals surface area contributed by atoms with Crippen LogP contribution in [0.2, 0.25) is 5.02 Å². The van der Waals surface area contributed by atoms with Crippen molar-refractivity contribution in [2.45, 2.75) is 30.3 Å². The molecule has 7 nitrogen and oxygen atoms in total. The van der Waals surface area contributed by atoms with Crippen LogP contribution in [-0.4, -0.2) is 24.1 Å². The van der Waals surface area contributed by atoms with Crippen LogP contribution in [0.1, 0.15) is 11.1 Å². The molecule has 29 heavy (non-hydrogen) atoms. The Morgan fingerprint density at radius 3 is 2.38 bits per heavy atom. The number of amides is 1. The number of nitrogens with one attached hydrogen (secondary N) is 1. The summed E-state index contributed by atoms with van der Waals surface area (Å²) in [5.74, 6) is -0.496. The molecular formula is C20H18ClN3O4S. The van der Waals surface area contributed by atoms with E-state index in [0.29, 0.717) is 10.7 Å². The minimum Gasteiger partial charge on any atom is -0.324 e. The van der Waals surface area contributed by atoms with Crippen molar-refractivity contribution in [1.29, 1.82) is 0 Å². The molecule has 0 radical (unpaired) electrons. The number of anilines is 1. The van der Waals surface area contributed by atoms with Gasteiger partial charge in [0.2, 0.25) is 15.7 Å². The summed E-state index contributed by atoms with van der Waals surface area (Å²) in [6, 6.07) is 13.2. The number of hydrogen-bond acceptors (Lipinski definition) is 5. The van der Waals surface area contributed by atoms with Gasteiger partial charge >= 0.3 is 0 Å². The van der Waals surface area contributed by atoms with E-state index in [1.807, 2.05) is 26.0 Å². The molecule has 0 spiro atoms. The zero-order valence-electron chi connectivity index (χ0n) is 15.7. The SMILES string of the molecule is Cc1ccc(NC(=O)Cn2nc(S(=O)(=O)c3ccc(Cl)cc3)ccc2=O)cc1C. The molecule has 0 fully saturated rings. The van der Waals surface area contributed by atoms with E-state index in [4.69, 9.17) is 11.6 Å². The highest BCUT2D eigenvalue weighted by Crippen LogP contribution is 2.20. The fourth-order valence-electron chi connectivity index (χ4n) is 2.58. The van der Waals surface area contributed by atoms with Crippen molar-refractivity contribution in [2.24, 2.45) is 0 Å². The lowest BCUT2D eigenvalue weighted by Gasteiger charge is -2.10. The van der Waals surface area contributed by atoms with Crippen LogP contribution in [0.4, 0.5) is 5.69 Å². The van der Waals surface area contributed by atoms with Crippen molar-refractivity contribution in [1.82, 2.24) is 9.78 Å². The molecule has 3 aromatic rings. The Bertz CT molecular complexity index is 1240. The molecule has 0 saturated heterocycles. The molecule has 0 atom stereocenters. The van der Waals surface area contributed by atoms with Crippen molar-refractivity contribution in [3.05, 3.63) is 81.1 Å². The van der Waals surface area contributed by atoms with E-state index in [9.17, 15) is 18.0 Å². The van der Waals surface area contributed by atoms with Gasteiger partial charge in [-0.05, 0) is 67.4 Å². The van der Waals surface area contributed by atoms with Gasteiger partial charge in [0.25, 0.3) is 5.56 Å². The minimum absolute atomic E-state index is 0.0146. The third-order valence-corrected chi connectivity index (χ3v) is 6.24. The van der Waals surface area contributed by atoms with Gasteiger partial charge in [0.05, 0.1) is 4.90 Å². The highest BCUT2D eigenvalue weighted by Gasteiger charge is 2.21. The average molecular weight is 432 g/mol. The Kier molecular flexibility index (Phi) is 5.86. The van der Waals surface area contributed by atoms with Crippen LogP contribution < -0.4 is 10.9 Å². The van der Waals surface area contributed by atoms with Crippen LogP contribution in [0.15, 0.2) is 69.3 Å². The lowest BCUT2D eigenvalue weighted by Crippen LogP contribution is -2.30. The highest BCUT2D eigenvalue weighted by atomic mass is 35.5. The Morgan fingerprint density at radius 2 is 1.72 bits per heavy atom. The molecule has 3 rings (SSSR count). The highest BCUT2D eigenvalue weighted by molar-refractivity contribution is 7.91. The standard InChI is InChI=1S/C20H18ClN3O4S/c1-13-3-6-16(11-14(13)2)22-18(25)12-24-20(26)10-9-19(23-24)29(27,28)17-7-4-15(21)5-8-17/h3-11H,12H2,1-2H3,(H,22,25). The van der Waals surface area contributed by atoms with Crippen molar-refractivity contribution in [3.8, 4) is 0 Å². The number of aromatic nitrogens is 2. The van der Waals surface area contributed by atoms with Crippen molar-refractivity contribution < 1.29 is 13.2 Å². The molecule has 9 heteroatoms. The third kappa shape index (κ3) is 4.72. The molecule has 1 heterocycles. The summed E-state index contributed by atoms with van der Waals surface area (Å²) in [6.07, 6.45) is 0. The average Bonchev–Trinajstić information content (AvgIpc) is 2.66. The van der Waals surface area contributed by atoms with Crippen molar-refractivity contribution in [2.75, 3.05) is 5.32 Å². The van der Waals surface area contributed by atoms with E-state index in [0.717, 1.165) is 27.9 Å². The Morgan fingerprint density at radius 1 is 1.03 bits per heavy atom. The van der Waals surface area contributed by atoms with Gasteiger partial charge in [0.1, 0.15) is 6.54 Å². The topological polar surface area (TPSA) is 98.1 Å². The lowest BCUT2D eigenvalue weighted by atomic mass is 10.1. The summed E-state index contributed by atoms with van der Waals surface area (Å²) in [5.41, 5.74) is 2.08. The number of nitrogens with zero attached hydrogens (tertiary/aromatic N) is 2. The molecule has 150 valence electrons. The lowest BCUT2D eigenvalue weighted by molar-refractivity contribution is -0.117. The van der Waals surface area contributed by atoms with Gasteiger partial charge in [-0.2, -0.15) is 5.10 Å². The first-order valence-corrected chi connectivity index (χ1v) is 10.5. The predicted octanol–water partition coefficient (Wildman–Crippen LogP) is 2.99. The third-order valence-electron chi connectivity index (χ3n) is 4.33. The van der Waals surface area contributed by atoms with Gasteiger partial charge < -0.3 is 5.32 Å². The zero-order valence-corrected chi connectivity index (χ0v) is 17.3. The molecular weight excluding hydrogens is 414 g/mol. The fourth-order valence-corrected chi connectivity index (χ4v) is 3.89. The summed E-state index contributed by atoms with van der Waals surface area (Å²) >= 11 is 5.80. The summed E-state index contributed by atoms with van der Waals surface area (Å²) in [5, 5.41) is 6.62. The van der Waals surface area contributed by atoms with Gasteiger partial charge in [0.15, 0.2) is 5.03 Å². The number of aryl methyl sites for hydroxylation is 2. The van der Waals surface area contributed by atoms with E-state index >= 15 is 0 Å². The number of hydrogen-bond donors (Lipinski definition) is 1. The largest absolute Gasteiger partial charge is 0.324 e. The molecule has 1 amide bonds. The van der Waals surface area contributed by atoms with Crippen LogP contribution >= 0.6 is 11.6 Å². The van der Waals surface area contributed by atoms with Crippen molar-refractivity contribution >= 4 is 33.0 Å². The summed E-state index contributed by atoms with van der Waals surface area (Å²) in [7, 11) is -3.96. The molecule has 0 aliphatic rings. The van der Waals surface area contributed by atoms with Gasteiger partial charge in [-0.3, -0.25) is 9.59 Å². The molecule has 0 bridgehead atoms. The van der Waals surface area contributed by atoms with E-state index in [1.54, 1.807) is 6.07 Å². The molecule has 0 saturated carbocycles. The van der Waals surface area contributed by atoms with Crippen LogP contribution in [0, 0.1) is 13.8 Å². The van der Waals surface area contributed by atoms with Crippen LogP contribution in [0.5, 0.6) is 0 Å².